The number of carboxylic acids is 1. The van der Waals surface area contributed by atoms with Gasteiger partial charge in [0.25, 0.3) is 0 Å². The smallest absolute Gasteiger partial charge is 0.344 e. The molecule has 0 bridgehead atoms. The Balaban J connectivity index is 2.20. The van der Waals surface area contributed by atoms with Gasteiger partial charge in [-0.25, -0.2) is 9.59 Å². The van der Waals surface area contributed by atoms with E-state index in [1.54, 1.807) is 19.1 Å². The van der Waals surface area contributed by atoms with Gasteiger partial charge in [0.05, 0.1) is 6.61 Å². The van der Waals surface area contributed by atoms with E-state index in [-0.39, 0.29) is 20.0 Å². The summed E-state index contributed by atoms with van der Waals surface area (Å²) in [4.78, 5) is 21.9. The SMILES string of the molecule is CCOC(=O)COc1cc2c(cc1C=CC(=O)O)OCO2. The minimum Gasteiger partial charge on any atom is -0.481 e. The zero-order valence-electron chi connectivity index (χ0n) is 11.3. The van der Waals surface area contributed by atoms with Crippen LogP contribution in [0.3, 0.4) is 0 Å². The molecule has 0 saturated heterocycles. The average molecular weight is 294 g/mol. The average Bonchev–Trinajstić information content (AvgIpc) is 2.89. The largest absolute Gasteiger partial charge is 0.481 e. The minimum absolute atomic E-state index is 0.0821. The molecular weight excluding hydrogens is 280 g/mol. The summed E-state index contributed by atoms with van der Waals surface area (Å²) < 4.78 is 20.5. The summed E-state index contributed by atoms with van der Waals surface area (Å²) in [6.07, 6.45) is 2.32. The Kier molecular flexibility index (Phi) is 4.65. The molecule has 1 aromatic rings. The van der Waals surface area contributed by atoms with Gasteiger partial charge in [-0.3, -0.25) is 0 Å². The van der Waals surface area contributed by atoms with E-state index in [0.29, 0.717) is 22.8 Å². The second-order valence-electron chi connectivity index (χ2n) is 4.01. The van der Waals surface area contributed by atoms with Crippen molar-refractivity contribution in [3.63, 3.8) is 0 Å². The van der Waals surface area contributed by atoms with Crippen molar-refractivity contribution < 1.29 is 33.6 Å². The molecule has 21 heavy (non-hydrogen) atoms. The molecule has 0 unspecified atom stereocenters. The Morgan fingerprint density at radius 3 is 2.71 bits per heavy atom. The first kappa shape index (κ1) is 14.7. The third kappa shape index (κ3) is 3.88. The predicted molar refractivity (Wildman–Crippen MR) is 71.4 cm³/mol. The quantitative estimate of drug-likeness (QED) is 0.627. The van der Waals surface area contributed by atoms with Crippen LogP contribution in [0.2, 0.25) is 0 Å². The highest BCUT2D eigenvalue weighted by atomic mass is 16.7. The normalized spacial score (nSPS) is 12.4. The van der Waals surface area contributed by atoms with Crippen molar-refractivity contribution >= 4 is 18.0 Å². The van der Waals surface area contributed by atoms with E-state index in [2.05, 4.69) is 0 Å². The molecule has 112 valence electrons. The number of ether oxygens (including phenoxy) is 4. The summed E-state index contributed by atoms with van der Waals surface area (Å²) in [5.74, 6) is -0.331. The van der Waals surface area contributed by atoms with Crippen LogP contribution in [0.15, 0.2) is 18.2 Å². The van der Waals surface area contributed by atoms with Gasteiger partial charge in [-0.1, -0.05) is 0 Å². The molecule has 2 rings (SSSR count). The highest BCUT2D eigenvalue weighted by Crippen LogP contribution is 2.38. The second kappa shape index (κ2) is 6.65. The molecule has 0 fully saturated rings. The molecule has 0 amide bonds. The Labute approximate surface area is 120 Å². The van der Waals surface area contributed by atoms with E-state index in [4.69, 9.17) is 24.1 Å². The molecule has 1 heterocycles. The molecule has 1 aliphatic rings. The van der Waals surface area contributed by atoms with Crippen molar-refractivity contribution in [2.75, 3.05) is 20.0 Å². The van der Waals surface area contributed by atoms with Crippen molar-refractivity contribution in [2.45, 2.75) is 6.92 Å². The number of benzene rings is 1. The maximum absolute atomic E-state index is 11.3. The Morgan fingerprint density at radius 2 is 2.05 bits per heavy atom. The van der Waals surface area contributed by atoms with E-state index < -0.39 is 11.9 Å². The topological polar surface area (TPSA) is 91.3 Å². The molecule has 1 aromatic carbocycles. The number of hydrogen-bond donors (Lipinski definition) is 1. The van der Waals surface area contributed by atoms with Gasteiger partial charge in [-0.2, -0.15) is 0 Å². The van der Waals surface area contributed by atoms with E-state index in [1.807, 2.05) is 0 Å². The standard InChI is InChI=1S/C14H14O7/c1-2-18-14(17)7-19-10-6-12-11(20-8-21-12)5-9(10)3-4-13(15)16/h3-6H,2,7-8H2,1H3,(H,15,16). The van der Waals surface area contributed by atoms with E-state index >= 15 is 0 Å². The molecule has 1 N–H and O–H groups in total. The summed E-state index contributed by atoms with van der Waals surface area (Å²) in [6.45, 7) is 1.76. The van der Waals surface area contributed by atoms with E-state index in [1.165, 1.54) is 6.08 Å². The molecule has 1 aliphatic heterocycles. The van der Waals surface area contributed by atoms with Crippen molar-refractivity contribution in [1.29, 1.82) is 0 Å². The predicted octanol–water partition coefficient (Wildman–Crippen LogP) is 1.45. The first-order valence-electron chi connectivity index (χ1n) is 6.23. The fourth-order valence-corrected chi connectivity index (χ4v) is 1.69. The number of carboxylic acid groups (broad SMARTS) is 1. The van der Waals surface area contributed by atoms with Gasteiger partial charge in [0, 0.05) is 17.7 Å². The fraction of sp³-hybridized carbons (Fsp3) is 0.286. The maximum Gasteiger partial charge on any atom is 0.344 e. The van der Waals surface area contributed by atoms with Gasteiger partial charge in [-0.15, -0.1) is 0 Å². The number of carbonyl (C=O) groups is 2. The third-order valence-electron chi connectivity index (χ3n) is 2.56. The number of rotatable bonds is 6. The van der Waals surface area contributed by atoms with Crippen LogP contribution < -0.4 is 14.2 Å². The molecule has 0 saturated carbocycles. The third-order valence-corrected chi connectivity index (χ3v) is 2.56. The first-order chi connectivity index (χ1) is 10.1. The Hall–Kier alpha value is -2.70. The number of carbonyl (C=O) groups excluding carboxylic acids is 1. The van der Waals surface area contributed by atoms with E-state index in [9.17, 15) is 9.59 Å². The zero-order valence-corrected chi connectivity index (χ0v) is 11.3. The van der Waals surface area contributed by atoms with Crippen molar-refractivity contribution in [3.05, 3.63) is 23.8 Å². The van der Waals surface area contributed by atoms with Crippen LogP contribution >= 0.6 is 0 Å². The number of fused-ring (bicyclic) bond motifs is 1. The molecule has 7 nitrogen and oxygen atoms in total. The van der Waals surface area contributed by atoms with Gasteiger partial charge < -0.3 is 24.1 Å². The summed E-state index contributed by atoms with van der Waals surface area (Å²) in [6, 6.07) is 3.13. The molecule has 0 aromatic heterocycles. The van der Waals surface area contributed by atoms with Crippen LogP contribution in [-0.2, 0) is 14.3 Å². The first-order valence-corrected chi connectivity index (χ1v) is 6.23. The number of aliphatic carboxylic acids is 1. The van der Waals surface area contributed by atoms with Crippen molar-refractivity contribution in [1.82, 2.24) is 0 Å². The van der Waals surface area contributed by atoms with Gasteiger partial charge in [-0.05, 0) is 19.1 Å². The van der Waals surface area contributed by atoms with Crippen LogP contribution in [0, 0.1) is 0 Å². The van der Waals surface area contributed by atoms with Gasteiger partial charge >= 0.3 is 11.9 Å². The van der Waals surface area contributed by atoms with Crippen LogP contribution in [0.4, 0.5) is 0 Å². The molecule has 0 radical (unpaired) electrons. The molecule has 0 spiro atoms. The van der Waals surface area contributed by atoms with Gasteiger partial charge in [0.1, 0.15) is 5.75 Å². The summed E-state index contributed by atoms with van der Waals surface area (Å²) in [5.41, 5.74) is 0.464. The monoisotopic (exact) mass is 294 g/mol. The lowest BCUT2D eigenvalue weighted by Gasteiger charge is -2.10. The lowest BCUT2D eigenvalue weighted by molar-refractivity contribution is -0.145. The molecule has 7 heteroatoms. The van der Waals surface area contributed by atoms with Crippen molar-refractivity contribution in [3.8, 4) is 17.2 Å². The van der Waals surface area contributed by atoms with E-state index in [0.717, 1.165) is 6.08 Å². The minimum atomic E-state index is -1.09. The van der Waals surface area contributed by atoms with Crippen molar-refractivity contribution in [2.24, 2.45) is 0 Å². The number of esters is 1. The summed E-state index contributed by atoms with van der Waals surface area (Å²) in [7, 11) is 0. The summed E-state index contributed by atoms with van der Waals surface area (Å²) >= 11 is 0. The van der Waals surface area contributed by atoms with Gasteiger partial charge in [0.2, 0.25) is 6.79 Å². The lowest BCUT2D eigenvalue weighted by Crippen LogP contribution is -2.14. The zero-order chi connectivity index (χ0) is 15.2. The Morgan fingerprint density at radius 1 is 1.33 bits per heavy atom. The van der Waals surface area contributed by atoms with Crippen LogP contribution in [0.25, 0.3) is 6.08 Å². The Bertz CT molecular complexity index is 577. The van der Waals surface area contributed by atoms with Gasteiger partial charge in [0.15, 0.2) is 18.1 Å². The number of hydrogen-bond acceptors (Lipinski definition) is 6. The maximum atomic E-state index is 11.3. The molecule has 0 aliphatic carbocycles. The molecule has 0 atom stereocenters. The van der Waals surface area contributed by atoms with Crippen LogP contribution in [-0.4, -0.2) is 37.1 Å². The van der Waals surface area contributed by atoms with Crippen LogP contribution in [0.5, 0.6) is 17.2 Å². The molecular formula is C14H14O7. The summed E-state index contributed by atoms with van der Waals surface area (Å²) in [5, 5.41) is 8.69. The highest BCUT2D eigenvalue weighted by molar-refractivity contribution is 5.86. The lowest BCUT2D eigenvalue weighted by atomic mass is 10.1. The van der Waals surface area contributed by atoms with Crippen LogP contribution in [0.1, 0.15) is 12.5 Å². The fourth-order valence-electron chi connectivity index (χ4n) is 1.69. The second-order valence-corrected chi connectivity index (χ2v) is 4.01. The highest BCUT2D eigenvalue weighted by Gasteiger charge is 2.18.